The van der Waals surface area contributed by atoms with Crippen molar-refractivity contribution >= 4 is 17.8 Å². The summed E-state index contributed by atoms with van der Waals surface area (Å²) in [4.78, 5) is 40.6. The first-order chi connectivity index (χ1) is 21.0. The molecule has 250 valence electrons. The third-order valence-corrected chi connectivity index (χ3v) is 6.97. The fourth-order valence-electron chi connectivity index (χ4n) is 4.89. The first-order valence-electron chi connectivity index (χ1n) is 15.8. The van der Waals surface area contributed by atoms with Crippen molar-refractivity contribution in [3.8, 4) is 5.75 Å². The Labute approximate surface area is 262 Å². The SMILES string of the molecule is CC(C)C[C@H]1C(=O)N[C@H](C(=O)NCCOCCOCCOCCF)CCc2ccc(cc2)OCCC[C@@H]1C(=O)OC(C)(C)C. The van der Waals surface area contributed by atoms with Crippen molar-refractivity contribution < 1.29 is 42.5 Å². The van der Waals surface area contributed by atoms with Crippen molar-refractivity contribution in [1.29, 1.82) is 0 Å². The molecule has 2 heterocycles. The normalized spacial score (nSPS) is 19.9. The van der Waals surface area contributed by atoms with E-state index in [1.165, 1.54) is 0 Å². The Bertz CT molecular complexity index is 983. The molecule has 1 aromatic rings. The summed E-state index contributed by atoms with van der Waals surface area (Å²) >= 11 is 0. The van der Waals surface area contributed by atoms with Crippen molar-refractivity contribution in [2.75, 3.05) is 59.5 Å². The average Bonchev–Trinajstić information content (AvgIpc) is 2.96. The van der Waals surface area contributed by atoms with Crippen molar-refractivity contribution in [2.24, 2.45) is 17.8 Å². The Kier molecular flexibility index (Phi) is 17.3. The topological polar surface area (TPSA) is 121 Å². The van der Waals surface area contributed by atoms with Crippen LogP contribution in [-0.4, -0.2) is 88.9 Å². The summed E-state index contributed by atoms with van der Waals surface area (Å²) in [5, 5.41) is 5.85. The Morgan fingerprint density at radius 2 is 1.64 bits per heavy atom. The predicted molar refractivity (Wildman–Crippen MR) is 165 cm³/mol. The van der Waals surface area contributed by atoms with Crippen molar-refractivity contribution in [3.63, 3.8) is 0 Å². The zero-order valence-electron chi connectivity index (χ0n) is 27.2. The Hall–Kier alpha value is -2.76. The van der Waals surface area contributed by atoms with Gasteiger partial charge in [-0.25, -0.2) is 4.39 Å². The van der Waals surface area contributed by atoms with Gasteiger partial charge in [0.2, 0.25) is 11.8 Å². The first-order valence-corrected chi connectivity index (χ1v) is 15.8. The smallest absolute Gasteiger partial charge is 0.310 e. The predicted octanol–water partition coefficient (Wildman–Crippen LogP) is 4.03. The average molecular weight is 625 g/mol. The van der Waals surface area contributed by atoms with Crippen LogP contribution in [0.4, 0.5) is 4.39 Å². The maximum atomic E-state index is 13.9. The molecule has 44 heavy (non-hydrogen) atoms. The van der Waals surface area contributed by atoms with Gasteiger partial charge in [-0.3, -0.25) is 14.4 Å². The van der Waals surface area contributed by atoms with E-state index in [0.29, 0.717) is 65.1 Å². The molecule has 0 fully saturated rings. The van der Waals surface area contributed by atoms with Gasteiger partial charge >= 0.3 is 5.97 Å². The Morgan fingerprint density at radius 1 is 1.00 bits per heavy atom. The molecule has 0 unspecified atom stereocenters. The van der Waals surface area contributed by atoms with Gasteiger partial charge in [-0.15, -0.1) is 0 Å². The minimum absolute atomic E-state index is 0.0605. The van der Waals surface area contributed by atoms with E-state index in [-0.39, 0.29) is 37.5 Å². The molecule has 0 radical (unpaired) electrons. The van der Waals surface area contributed by atoms with E-state index < -0.39 is 36.1 Å². The molecule has 11 heteroatoms. The number of fused-ring (bicyclic) bond motifs is 12. The fourth-order valence-corrected chi connectivity index (χ4v) is 4.89. The molecular weight excluding hydrogens is 571 g/mol. The second kappa shape index (κ2) is 20.3. The van der Waals surface area contributed by atoms with Crippen LogP contribution in [0.2, 0.25) is 0 Å². The maximum absolute atomic E-state index is 13.9. The summed E-state index contributed by atoms with van der Waals surface area (Å²) in [6.45, 7) is 11.3. The standard InChI is InChI=1S/C33H53FN2O8/c1-24(2)23-28-27(32(39)44-33(3,4)5)7-6-16-43-26-11-8-25(9-12-26)10-13-29(36-30(28)37)31(38)35-15-18-41-20-22-42-21-19-40-17-14-34/h8-9,11-12,24,27-29H,6-7,10,13-23H2,1-5H3,(H,35,38)(H,36,37)/t27-,28+,29-/m0/s1. The van der Waals surface area contributed by atoms with E-state index in [1.807, 2.05) is 58.9 Å². The number of esters is 1. The van der Waals surface area contributed by atoms with E-state index in [9.17, 15) is 18.8 Å². The second-order valence-corrected chi connectivity index (χ2v) is 12.4. The highest BCUT2D eigenvalue weighted by atomic mass is 19.1. The van der Waals surface area contributed by atoms with Crippen molar-refractivity contribution in [2.45, 2.75) is 78.4 Å². The lowest BCUT2D eigenvalue weighted by Gasteiger charge is -2.30. The van der Waals surface area contributed by atoms with Gasteiger partial charge in [0.05, 0.1) is 58.1 Å². The number of carbonyl (C=O) groups is 3. The number of ether oxygens (including phenoxy) is 5. The molecule has 10 nitrogen and oxygen atoms in total. The zero-order valence-corrected chi connectivity index (χ0v) is 27.2. The van der Waals surface area contributed by atoms with Gasteiger partial charge in [-0.2, -0.15) is 0 Å². The lowest BCUT2D eigenvalue weighted by atomic mass is 9.81. The molecule has 0 aliphatic carbocycles. The fraction of sp³-hybridized carbons (Fsp3) is 0.727. The maximum Gasteiger partial charge on any atom is 0.310 e. The summed E-state index contributed by atoms with van der Waals surface area (Å²) in [6.07, 6.45) is 2.39. The van der Waals surface area contributed by atoms with Crippen LogP contribution in [-0.2, 0) is 39.8 Å². The molecule has 2 amide bonds. The highest BCUT2D eigenvalue weighted by Crippen LogP contribution is 2.29. The summed E-state index contributed by atoms with van der Waals surface area (Å²) in [5.41, 5.74) is 0.314. The zero-order chi connectivity index (χ0) is 32.4. The molecule has 2 aliphatic rings. The molecule has 2 bridgehead atoms. The lowest BCUT2D eigenvalue weighted by molar-refractivity contribution is -0.164. The molecule has 1 aromatic carbocycles. The third kappa shape index (κ3) is 15.3. The highest BCUT2D eigenvalue weighted by Gasteiger charge is 2.38. The number of amides is 2. The molecule has 0 spiro atoms. The largest absolute Gasteiger partial charge is 0.494 e. The Balaban J connectivity index is 2.09. The number of hydrogen-bond acceptors (Lipinski definition) is 8. The van der Waals surface area contributed by atoms with Gasteiger partial charge < -0.3 is 34.3 Å². The quantitative estimate of drug-likeness (QED) is 0.222. The summed E-state index contributed by atoms with van der Waals surface area (Å²) in [6, 6.07) is 6.91. The van der Waals surface area contributed by atoms with Gasteiger partial charge in [-0.1, -0.05) is 26.0 Å². The molecule has 0 saturated heterocycles. The highest BCUT2D eigenvalue weighted by molar-refractivity contribution is 5.90. The number of benzene rings is 1. The first kappa shape index (κ1) is 37.4. The van der Waals surface area contributed by atoms with E-state index >= 15 is 0 Å². The number of nitrogens with one attached hydrogen (secondary N) is 2. The number of alkyl halides is 1. The van der Waals surface area contributed by atoms with Crippen LogP contribution in [0.15, 0.2) is 24.3 Å². The molecular formula is C33H53FN2O8. The summed E-state index contributed by atoms with van der Waals surface area (Å²) in [7, 11) is 0. The van der Waals surface area contributed by atoms with Gasteiger partial charge in [0, 0.05) is 6.54 Å². The molecule has 0 aromatic heterocycles. The van der Waals surface area contributed by atoms with Gasteiger partial charge in [0.25, 0.3) is 0 Å². The van der Waals surface area contributed by atoms with Crippen LogP contribution in [0.25, 0.3) is 0 Å². The monoisotopic (exact) mass is 624 g/mol. The van der Waals surface area contributed by atoms with Crippen molar-refractivity contribution in [3.05, 3.63) is 29.8 Å². The van der Waals surface area contributed by atoms with E-state index in [1.54, 1.807) is 0 Å². The minimum atomic E-state index is -0.801. The molecule has 2 N–H and O–H groups in total. The van der Waals surface area contributed by atoms with Crippen LogP contribution in [0.5, 0.6) is 5.75 Å². The minimum Gasteiger partial charge on any atom is -0.494 e. The number of hydrogen-bond donors (Lipinski definition) is 2. The van der Waals surface area contributed by atoms with Crippen LogP contribution >= 0.6 is 0 Å². The summed E-state index contributed by atoms with van der Waals surface area (Å²) in [5.74, 6) is -1.53. The van der Waals surface area contributed by atoms with Crippen LogP contribution in [0.1, 0.15) is 65.9 Å². The number of aryl methyl sites for hydroxylation is 1. The van der Waals surface area contributed by atoms with Crippen LogP contribution < -0.4 is 15.4 Å². The van der Waals surface area contributed by atoms with E-state index in [2.05, 4.69) is 10.6 Å². The number of rotatable bonds is 15. The van der Waals surface area contributed by atoms with Gasteiger partial charge in [0.1, 0.15) is 24.1 Å². The van der Waals surface area contributed by atoms with E-state index in [4.69, 9.17) is 23.7 Å². The number of carbonyl (C=O) groups excluding carboxylic acids is 3. The summed E-state index contributed by atoms with van der Waals surface area (Å²) < 4.78 is 39.6. The van der Waals surface area contributed by atoms with Crippen LogP contribution in [0, 0.1) is 17.8 Å². The van der Waals surface area contributed by atoms with Gasteiger partial charge in [-0.05, 0) is 76.5 Å². The van der Waals surface area contributed by atoms with Crippen molar-refractivity contribution in [1.82, 2.24) is 10.6 Å². The van der Waals surface area contributed by atoms with E-state index in [0.717, 1.165) is 11.3 Å². The van der Waals surface area contributed by atoms with Gasteiger partial charge in [0.15, 0.2) is 0 Å². The number of halogens is 1. The molecule has 3 rings (SSSR count). The molecule has 0 saturated carbocycles. The Morgan fingerprint density at radius 3 is 2.25 bits per heavy atom. The second-order valence-electron chi connectivity index (χ2n) is 12.4. The third-order valence-electron chi connectivity index (χ3n) is 6.97. The lowest BCUT2D eigenvalue weighted by Crippen LogP contribution is -2.51. The molecule has 3 atom stereocenters. The molecule has 2 aliphatic heterocycles. The van der Waals surface area contributed by atoms with Crippen LogP contribution in [0.3, 0.4) is 0 Å².